The highest BCUT2D eigenvalue weighted by atomic mass is 16.6. The summed E-state index contributed by atoms with van der Waals surface area (Å²) >= 11 is 0. The molecular formula is C31H44N2O2. The first kappa shape index (κ1) is 25.8. The Hall–Kier alpha value is -2.33. The Kier molecular flexibility index (Phi) is 7.90. The Bertz CT molecular complexity index is 941. The van der Waals surface area contributed by atoms with Crippen molar-refractivity contribution in [3.8, 4) is 0 Å². The fraction of sp³-hybridized carbons (Fsp3) is 0.581. The molecule has 0 spiro atoms. The lowest BCUT2D eigenvalue weighted by Crippen LogP contribution is -2.46. The molecule has 0 aromatic heterocycles. The third-order valence-electron chi connectivity index (χ3n) is 8.03. The van der Waals surface area contributed by atoms with Gasteiger partial charge in [0.2, 0.25) is 0 Å². The number of benzene rings is 2. The molecule has 2 aliphatic rings. The first-order valence-electron chi connectivity index (χ1n) is 13.4. The highest BCUT2D eigenvalue weighted by molar-refractivity contribution is 5.70. The van der Waals surface area contributed by atoms with Crippen molar-refractivity contribution in [2.75, 3.05) is 25.0 Å². The lowest BCUT2D eigenvalue weighted by molar-refractivity contribution is -0.156. The van der Waals surface area contributed by atoms with E-state index >= 15 is 0 Å². The van der Waals surface area contributed by atoms with Crippen LogP contribution >= 0.6 is 0 Å². The van der Waals surface area contributed by atoms with E-state index in [0.717, 1.165) is 32.4 Å². The van der Waals surface area contributed by atoms with Crippen molar-refractivity contribution in [2.45, 2.75) is 89.3 Å². The minimum absolute atomic E-state index is 0.0315. The number of hydrogen-bond acceptors (Lipinski definition) is 4. The number of esters is 1. The zero-order valence-electron chi connectivity index (χ0n) is 22.4. The van der Waals surface area contributed by atoms with Crippen LogP contribution in [-0.2, 0) is 14.9 Å². The van der Waals surface area contributed by atoms with Crippen LogP contribution in [0.15, 0.2) is 60.7 Å². The molecule has 2 aromatic rings. The van der Waals surface area contributed by atoms with E-state index in [1.807, 2.05) is 20.8 Å². The number of piperidine rings is 1. The van der Waals surface area contributed by atoms with Gasteiger partial charge in [-0.2, -0.15) is 0 Å². The SMILES string of the molecule is CN(C[C@@](C)(CCN1C2CCC1CC(CC(=O)OC(C)(C)C)C2)c1ccccc1)c1ccccc1. The Morgan fingerprint density at radius 3 is 2.09 bits per heavy atom. The molecule has 0 aliphatic carbocycles. The molecule has 0 radical (unpaired) electrons. The van der Waals surface area contributed by atoms with Crippen LogP contribution in [0.3, 0.4) is 0 Å². The Balaban J connectivity index is 1.41. The van der Waals surface area contributed by atoms with Gasteiger partial charge in [-0.3, -0.25) is 9.69 Å². The van der Waals surface area contributed by atoms with Gasteiger partial charge in [0, 0.05) is 43.2 Å². The molecule has 3 atom stereocenters. The summed E-state index contributed by atoms with van der Waals surface area (Å²) < 4.78 is 5.62. The van der Waals surface area contributed by atoms with E-state index in [1.54, 1.807) is 0 Å². The molecule has 0 amide bonds. The smallest absolute Gasteiger partial charge is 0.306 e. The molecule has 2 heterocycles. The summed E-state index contributed by atoms with van der Waals surface area (Å²) in [6, 6.07) is 22.9. The zero-order valence-corrected chi connectivity index (χ0v) is 22.4. The molecule has 4 rings (SSSR count). The van der Waals surface area contributed by atoms with Crippen molar-refractivity contribution in [1.82, 2.24) is 4.90 Å². The summed E-state index contributed by atoms with van der Waals surface area (Å²) in [6.45, 7) is 10.4. The van der Waals surface area contributed by atoms with Crippen molar-refractivity contribution < 1.29 is 9.53 Å². The van der Waals surface area contributed by atoms with Crippen LogP contribution in [0.4, 0.5) is 5.69 Å². The molecule has 2 aliphatic heterocycles. The Morgan fingerprint density at radius 2 is 1.51 bits per heavy atom. The van der Waals surface area contributed by atoms with Crippen molar-refractivity contribution in [3.05, 3.63) is 66.2 Å². The quantitative estimate of drug-likeness (QED) is 0.390. The van der Waals surface area contributed by atoms with Crippen molar-refractivity contribution in [1.29, 1.82) is 0 Å². The standard InChI is InChI=1S/C31H44N2O2/c1-30(2,3)35-29(34)22-24-20-27-16-17-28(21-24)33(27)19-18-31(4,25-12-8-6-9-13-25)23-32(5)26-14-10-7-11-15-26/h6-15,24,27-28H,16-23H2,1-5H3/t24?,27?,28?,31-/m1/s1. The minimum Gasteiger partial charge on any atom is -0.460 e. The molecule has 2 fully saturated rings. The topological polar surface area (TPSA) is 32.8 Å². The molecule has 4 nitrogen and oxygen atoms in total. The molecule has 4 heteroatoms. The number of hydrogen-bond donors (Lipinski definition) is 0. The molecule has 0 saturated carbocycles. The van der Waals surface area contributed by atoms with E-state index in [9.17, 15) is 4.79 Å². The molecule has 0 N–H and O–H groups in total. The summed E-state index contributed by atoms with van der Waals surface area (Å²) in [5.74, 6) is 0.430. The summed E-state index contributed by atoms with van der Waals surface area (Å²) in [5, 5.41) is 0. The third kappa shape index (κ3) is 6.67. The summed E-state index contributed by atoms with van der Waals surface area (Å²) in [4.78, 5) is 17.6. The number of carbonyl (C=O) groups is 1. The number of ether oxygens (including phenoxy) is 1. The number of rotatable bonds is 9. The maximum absolute atomic E-state index is 12.4. The highest BCUT2D eigenvalue weighted by Crippen LogP contribution is 2.41. The van der Waals surface area contributed by atoms with Crippen molar-refractivity contribution in [3.63, 3.8) is 0 Å². The minimum atomic E-state index is -0.397. The Labute approximate surface area is 212 Å². The lowest BCUT2D eigenvalue weighted by Gasteiger charge is -2.42. The largest absolute Gasteiger partial charge is 0.460 e. The van der Waals surface area contributed by atoms with E-state index in [4.69, 9.17) is 4.74 Å². The average molecular weight is 477 g/mol. The fourth-order valence-electron chi connectivity index (χ4n) is 6.37. The van der Waals surface area contributed by atoms with Gasteiger partial charge in [-0.25, -0.2) is 0 Å². The maximum atomic E-state index is 12.4. The van der Waals surface area contributed by atoms with Gasteiger partial charge in [0.1, 0.15) is 5.60 Å². The average Bonchev–Trinajstić information content (AvgIpc) is 3.05. The highest BCUT2D eigenvalue weighted by Gasteiger charge is 2.42. The number of fused-ring (bicyclic) bond motifs is 2. The number of para-hydroxylation sites is 1. The van der Waals surface area contributed by atoms with E-state index < -0.39 is 5.60 Å². The number of nitrogens with zero attached hydrogens (tertiary/aromatic N) is 2. The van der Waals surface area contributed by atoms with E-state index in [1.165, 1.54) is 24.1 Å². The van der Waals surface area contributed by atoms with Crippen molar-refractivity contribution >= 4 is 11.7 Å². The summed E-state index contributed by atoms with van der Waals surface area (Å²) in [7, 11) is 2.21. The first-order valence-corrected chi connectivity index (χ1v) is 13.4. The predicted octanol–water partition coefficient (Wildman–Crippen LogP) is 6.45. The van der Waals surface area contributed by atoms with Crippen LogP contribution < -0.4 is 4.90 Å². The van der Waals surface area contributed by atoms with Gasteiger partial charge in [-0.1, -0.05) is 55.5 Å². The van der Waals surface area contributed by atoms with Crippen LogP contribution in [0.5, 0.6) is 0 Å². The third-order valence-corrected chi connectivity index (χ3v) is 8.03. The summed E-state index contributed by atoms with van der Waals surface area (Å²) in [6.07, 6.45) is 6.48. The molecule has 35 heavy (non-hydrogen) atoms. The molecule has 190 valence electrons. The van der Waals surface area contributed by atoms with Gasteiger partial charge in [-0.05, 0) is 83.0 Å². The maximum Gasteiger partial charge on any atom is 0.306 e. The molecule has 2 unspecified atom stereocenters. The number of carbonyl (C=O) groups excluding carboxylic acids is 1. The van der Waals surface area contributed by atoms with Gasteiger partial charge < -0.3 is 9.64 Å². The Morgan fingerprint density at radius 1 is 0.943 bits per heavy atom. The molecule has 2 saturated heterocycles. The van der Waals surface area contributed by atoms with Crippen LogP contribution in [0.25, 0.3) is 0 Å². The van der Waals surface area contributed by atoms with Gasteiger partial charge >= 0.3 is 5.97 Å². The molecule has 2 aromatic carbocycles. The molecular weight excluding hydrogens is 432 g/mol. The van der Waals surface area contributed by atoms with Gasteiger partial charge in [0.15, 0.2) is 0 Å². The van der Waals surface area contributed by atoms with Gasteiger partial charge in [0.25, 0.3) is 0 Å². The van der Waals surface area contributed by atoms with Gasteiger partial charge in [0.05, 0.1) is 0 Å². The predicted molar refractivity (Wildman–Crippen MR) is 145 cm³/mol. The van der Waals surface area contributed by atoms with Crippen LogP contribution in [0.2, 0.25) is 0 Å². The number of anilines is 1. The monoisotopic (exact) mass is 476 g/mol. The normalized spacial score (nSPS) is 24.1. The van der Waals surface area contributed by atoms with E-state index in [-0.39, 0.29) is 11.4 Å². The van der Waals surface area contributed by atoms with Gasteiger partial charge in [-0.15, -0.1) is 0 Å². The fourth-order valence-corrected chi connectivity index (χ4v) is 6.37. The number of likely N-dealkylation sites (N-methyl/N-ethyl adjacent to an activating group) is 1. The van der Waals surface area contributed by atoms with Crippen LogP contribution in [0, 0.1) is 5.92 Å². The second-order valence-electron chi connectivity index (χ2n) is 12.1. The second-order valence-corrected chi connectivity index (χ2v) is 12.1. The van der Waals surface area contributed by atoms with Crippen LogP contribution in [-0.4, -0.2) is 48.7 Å². The van der Waals surface area contributed by atoms with E-state index in [2.05, 4.69) is 84.4 Å². The van der Waals surface area contributed by atoms with Crippen LogP contribution in [0.1, 0.15) is 71.8 Å². The van der Waals surface area contributed by atoms with Crippen molar-refractivity contribution in [2.24, 2.45) is 5.92 Å². The summed E-state index contributed by atoms with van der Waals surface area (Å²) in [5.41, 5.74) is 2.33. The zero-order chi connectivity index (χ0) is 25.1. The second kappa shape index (κ2) is 10.7. The first-order chi connectivity index (χ1) is 16.6. The molecule has 2 bridgehead atoms. The van der Waals surface area contributed by atoms with E-state index in [0.29, 0.717) is 24.4 Å². The lowest BCUT2D eigenvalue weighted by atomic mass is 9.78.